The van der Waals surface area contributed by atoms with Crippen LogP contribution in [0.3, 0.4) is 0 Å². The van der Waals surface area contributed by atoms with Crippen LogP contribution in [0, 0.1) is 13.8 Å². The van der Waals surface area contributed by atoms with Gasteiger partial charge in [0.05, 0.1) is 12.2 Å². The molecule has 2 aromatic carbocycles. The first-order valence-corrected chi connectivity index (χ1v) is 11.7. The Balaban J connectivity index is 1.38. The molecule has 7 heteroatoms. The molecule has 1 amide bonds. The minimum Gasteiger partial charge on any atom is -0.449 e. The number of benzene rings is 2. The van der Waals surface area contributed by atoms with Crippen LogP contribution in [-0.4, -0.2) is 39.2 Å². The van der Waals surface area contributed by atoms with E-state index in [0.717, 1.165) is 34.5 Å². The van der Waals surface area contributed by atoms with Gasteiger partial charge in [0, 0.05) is 35.4 Å². The largest absolute Gasteiger partial charge is 0.449 e. The topological polar surface area (TPSA) is 64.4 Å². The van der Waals surface area contributed by atoms with Crippen molar-refractivity contribution in [2.75, 3.05) is 6.54 Å². The number of aromatic nitrogens is 2. The highest BCUT2D eigenvalue weighted by atomic mass is 35.5. The normalized spacial score (nSPS) is 14.2. The van der Waals surface area contributed by atoms with E-state index in [0.29, 0.717) is 24.7 Å². The quantitative estimate of drug-likeness (QED) is 0.380. The van der Waals surface area contributed by atoms with Crippen molar-refractivity contribution in [3.63, 3.8) is 0 Å². The predicted octanol–water partition coefficient (Wildman–Crippen LogP) is 4.73. The highest BCUT2D eigenvalue weighted by Crippen LogP contribution is 2.21. The third-order valence-electron chi connectivity index (χ3n) is 6.18. The monoisotopic (exact) mass is 477 g/mol. The molecular weight excluding hydrogens is 450 g/mol. The van der Waals surface area contributed by atoms with Crippen molar-refractivity contribution in [3.05, 3.63) is 93.3 Å². The Bertz CT molecular complexity index is 1250. The van der Waals surface area contributed by atoms with E-state index in [1.54, 1.807) is 17.9 Å². The van der Waals surface area contributed by atoms with E-state index in [4.69, 9.17) is 16.3 Å². The van der Waals surface area contributed by atoms with Crippen LogP contribution in [-0.2, 0) is 33.8 Å². The molecule has 1 unspecified atom stereocenters. The molecule has 4 rings (SSSR count). The lowest BCUT2D eigenvalue weighted by Crippen LogP contribution is -2.42. The van der Waals surface area contributed by atoms with Crippen molar-refractivity contribution < 1.29 is 14.3 Å². The maximum atomic E-state index is 12.8. The summed E-state index contributed by atoms with van der Waals surface area (Å²) in [5, 5.41) is 5.27. The third kappa shape index (κ3) is 5.23. The molecular formula is C27H28ClN3O3. The van der Waals surface area contributed by atoms with Gasteiger partial charge in [-0.25, -0.2) is 4.79 Å². The number of esters is 1. The highest BCUT2D eigenvalue weighted by Gasteiger charge is 2.26. The Morgan fingerprint density at radius 1 is 1.12 bits per heavy atom. The number of rotatable bonds is 6. The average molecular weight is 478 g/mol. The fourth-order valence-corrected chi connectivity index (χ4v) is 4.45. The molecule has 0 saturated carbocycles. The number of hydrogen-bond acceptors (Lipinski definition) is 4. The molecule has 0 spiro atoms. The Morgan fingerprint density at radius 2 is 1.82 bits per heavy atom. The molecule has 34 heavy (non-hydrogen) atoms. The molecule has 1 atom stereocenters. The van der Waals surface area contributed by atoms with Crippen molar-refractivity contribution >= 4 is 29.6 Å². The maximum absolute atomic E-state index is 12.8. The summed E-state index contributed by atoms with van der Waals surface area (Å²) < 4.78 is 7.27. The predicted molar refractivity (Wildman–Crippen MR) is 132 cm³/mol. The first-order chi connectivity index (χ1) is 16.3. The molecule has 0 N–H and O–H groups in total. The van der Waals surface area contributed by atoms with Crippen LogP contribution in [0.25, 0.3) is 6.08 Å². The van der Waals surface area contributed by atoms with Crippen LogP contribution in [0.1, 0.15) is 40.6 Å². The molecule has 176 valence electrons. The van der Waals surface area contributed by atoms with Gasteiger partial charge in [0.1, 0.15) is 0 Å². The number of nitrogens with zero attached hydrogens (tertiary/aromatic N) is 3. The Kier molecular flexibility index (Phi) is 7.17. The van der Waals surface area contributed by atoms with E-state index in [1.807, 2.05) is 61.0 Å². The van der Waals surface area contributed by atoms with Crippen LogP contribution in [0.5, 0.6) is 0 Å². The summed E-state index contributed by atoms with van der Waals surface area (Å²) >= 11 is 6.28. The van der Waals surface area contributed by atoms with Crippen molar-refractivity contribution in [1.29, 1.82) is 0 Å². The van der Waals surface area contributed by atoms with Crippen molar-refractivity contribution in [2.24, 2.45) is 0 Å². The van der Waals surface area contributed by atoms with Gasteiger partial charge in [-0.1, -0.05) is 54.1 Å². The van der Waals surface area contributed by atoms with Crippen molar-refractivity contribution in [3.8, 4) is 0 Å². The number of carbonyl (C=O) groups excluding carboxylic acids is 2. The zero-order valence-electron chi connectivity index (χ0n) is 19.6. The Hall–Kier alpha value is -3.38. The van der Waals surface area contributed by atoms with Gasteiger partial charge in [-0.3, -0.25) is 9.48 Å². The molecule has 0 bridgehead atoms. The van der Waals surface area contributed by atoms with Gasteiger partial charge in [0.15, 0.2) is 6.10 Å². The summed E-state index contributed by atoms with van der Waals surface area (Å²) in [4.78, 5) is 27.0. The van der Waals surface area contributed by atoms with Crippen molar-refractivity contribution in [2.45, 2.75) is 46.4 Å². The van der Waals surface area contributed by atoms with E-state index in [1.165, 1.54) is 11.6 Å². The summed E-state index contributed by atoms with van der Waals surface area (Å²) in [6.07, 6.45) is 3.00. The summed E-state index contributed by atoms with van der Waals surface area (Å²) in [5.41, 5.74) is 5.93. The van der Waals surface area contributed by atoms with Crippen LogP contribution < -0.4 is 0 Å². The fraction of sp³-hybridized carbons (Fsp3) is 0.296. The second kappa shape index (κ2) is 10.3. The maximum Gasteiger partial charge on any atom is 0.331 e. The number of aryl methyl sites for hydroxylation is 1. The van der Waals surface area contributed by atoms with Crippen LogP contribution in [0.15, 0.2) is 54.6 Å². The summed E-state index contributed by atoms with van der Waals surface area (Å²) in [7, 11) is 0. The fourth-order valence-electron chi connectivity index (χ4n) is 4.25. The van der Waals surface area contributed by atoms with Gasteiger partial charge in [0.2, 0.25) is 0 Å². The number of carbonyl (C=O) groups is 2. The molecule has 6 nitrogen and oxygen atoms in total. The first kappa shape index (κ1) is 23.8. The second-order valence-corrected chi connectivity index (χ2v) is 8.93. The third-order valence-corrected chi connectivity index (χ3v) is 6.55. The van der Waals surface area contributed by atoms with Gasteiger partial charge in [-0.05, 0) is 56.0 Å². The van der Waals surface area contributed by atoms with Crippen LogP contribution in [0.4, 0.5) is 0 Å². The summed E-state index contributed by atoms with van der Waals surface area (Å²) in [6.45, 7) is 7.15. The summed E-state index contributed by atoms with van der Waals surface area (Å²) in [6, 6.07) is 15.8. The van der Waals surface area contributed by atoms with Gasteiger partial charge < -0.3 is 9.64 Å². The molecule has 0 saturated heterocycles. The van der Waals surface area contributed by atoms with E-state index in [2.05, 4.69) is 11.2 Å². The van der Waals surface area contributed by atoms with E-state index >= 15 is 0 Å². The number of ether oxygens (including phenoxy) is 1. The van der Waals surface area contributed by atoms with E-state index in [9.17, 15) is 9.59 Å². The number of fused-ring (bicyclic) bond motifs is 1. The molecule has 3 aromatic rings. The van der Waals surface area contributed by atoms with Crippen LogP contribution >= 0.6 is 11.6 Å². The van der Waals surface area contributed by atoms with E-state index in [-0.39, 0.29) is 5.91 Å². The Morgan fingerprint density at radius 3 is 2.59 bits per heavy atom. The SMILES string of the molecule is Cc1nn(Cc2ccccc2Cl)c(C)c1/C=C/C(=O)OC(C)C(=O)N1CCc2ccccc2C1. The lowest BCUT2D eigenvalue weighted by molar-refractivity contribution is -0.155. The molecule has 0 fully saturated rings. The smallest absolute Gasteiger partial charge is 0.331 e. The van der Waals surface area contributed by atoms with Gasteiger partial charge in [0.25, 0.3) is 5.91 Å². The number of hydrogen-bond donors (Lipinski definition) is 0. The molecule has 1 aromatic heterocycles. The molecule has 0 radical (unpaired) electrons. The average Bonchev–Trinajstić information content (AvgIpc) is 3.10. The molecule has 2 heterocycles. The highest BCUT2D eigenvalue weighted by molar-refractivity contribution is 6.31. The zero-order valence-corrected chi connectivity index (χ0v) is 20.4. The first-order valence-electron chi connectivity index (χ1n) is 11.3. The van der Waals surface area contributed by atoms with Gasteiger partial charge >= 0.3 is 5.97 Å². The van der Waals surface area contributed by atoms with Gasteiger partial charge in [-0.15, -0.1) is 0 Å². The number of amides is 1. The summed E-state index contributed by atoms with van der Waals surface area (Å²) in [5.74, 6) is -0.743. The number of halogens is 1. The second-order valence-electron chi connectivity index (χ2n) is 8.52. The Labute approximate surface area is 204 Å². The lowest BCUT2D eigenvalue weighted by atomic mass is 9.99. The minimum absolute atomic E-state index is 0.184. The van der Waals surface area contributed by atoms with Crippen LogP contribution in [0.2, 0.25) is 5.02 Å². The van der Waals surface area contributed by atoms with E-state index < -0.39 is 12.1 Å². The molecule has 0 aliphatic carbocycles. The minimum atomic E-state index is -0.854. The standard InChI is InChI=1S/C27H28ClN3O3/c1-18-24(19(2)31(29-18)17-23-10-6-7-11-25(23)28)12-13-26(32)34-20(3)27(33)30-15-14-21-8-4-5-9-22(21)16-30/h4-13,20H,14-17H2,1-3H3/b13-12+. The van der Waals surface area contributed by atoms with Gasteiger partial charge in [-0.2, -0.15) is 5.10 Å². The van der Waals surface area contributed by atoms with Crippen molar-refractivity contribution in [1.82, 2.24) is 14.7 Å². The lowest BCUT2D eigenvalue weighted by Gasteiger charge is -2.30. The molecule has 1 aliphatic heterocycles. The molecule has 1 aliphatic rings. The zero-order chi connectivity index (χ0) is 24.2.